The zero-order chi connectivity index (χ0) is 12.3. The molecule has 0 aliphatic rings. The van der Waals surface area contributed by atoms with E-state index in [2.05, 4.69) is 59.4 Å². The van der Waals surface area contributed by atoms with Crippen LogP contribution < -0.4 is 0 Å². The average molecular weight is 215 g/mol. The first-order chi connectivity index (χ1) is 7.40. The predicted molar refractivity (Wildman–Crippen MR) is 72.7 cm³/mol. The number of aryl methyl sites for hydroxylation is 1. The van der Waals surface area contributed by atoms with E-state index in [1.54, 1.807) is 0 Å². The van der Waals surface area contributed by atoms with Crippen molar-refractivity contribution in [1.29, 1.82) is 0 Å². The summed E-state index contributed by atoms with van der Waals surface area (Å²) in [6.45, 7) is 15.0. The van der Waals surface area contributed by atoms with E-state index in [4.69, 9.17) is 0 Å². The van der Waals surface area contributed by atoms with Gasteiger partial charge in [-0.1, -0.05) is 58.9 Å². The van der Waals surface area contributed by atoms with E-state index in [0.717, 1.165) is 6.42 Å². The highest BCUT2D eigenvalue weighted by atomic mass is 14.2. The van der Waals surface area contributed by atoms with Gasteiger partial charge < -0.3 is 0 Å². The summed E-state index contributed by atoms with van der Waals surface area (Å²) in [6.07, 6.45) is 3.03. The molecule has 16 heavy (non-hydrogen) atoms. The highest BCUT2D eigenvalue weighted by molar-refractivity contribution is 5.47. The maximum absolute atomic E-state index is 3.88. The minimum absolute atomic E-state index is 0.186. The smallest absolute Gasteiger partial charge is 0.0233 e. The van der Waals surface area contributed by atoms with E-state index in [-0.39, 0.29) is 5.41 Å². The normalized spacial score (nSPS) is 11.9. The summed E-state index contributed by atoms with van der Waals surface area (Å²) in [7, 11) is 0. The number of allylic oxidation sites excluding steroid dienone is 1. The molecule has 1 aromatic rings. The van der Waals surface area contributed by atoms with Crippen molar-refractivity contribution in [3.8, 4) is 0 Å². The van der Waals surface area contributed by atoms with Gasteiger partial charge in [0.1, 0.15) is 0 Å². The molecule has 0 fully saturated rings. The molecular weight excluding hydrogens is 192 g/mol. The van der Waals surface area contributed by atoms with Gasteiger partial charge >= 0.3 is 0 Å². The van der Waals surface area contributed by atoms with Gasteiger partial charge in [0.05, 0.1) is 0 Å². The van der Waals surface area contributed by atoms with Crippen molar-refractivity contribution >= 4 is 0 Å². The molecule has 0 saturated heterocycles. The van der Waals surface area contributed by atoms with Crippen LogP contribution in [0.5, 0.6) is 0 Å². The Morgan fingerprint density at radius 1 is 1.31 bits per heavy atom. The third-order valence-corrected chi connectivity index (χ3v) is 3.03. The molecule has 0 heteroatoms. The molecule has 87 valence electrons. The molecule has 0 heterocycles. The molecule has 0 bridgehead atoms. The summed E-state index contributed by atoms with van der Waals surface area (Å²) in [5, 5.41) is 0. The highest BCUT2D eigenvalue weighted by Gasteiger charge is 2.20. The molecular formula is C16H23. The summed E-state index contributed by atoms with van der Waals surface area (Å²) in [4.78, 5) is 0. The lowest BCUT2D eigenvalue weighted by Crippen LogP contribution is -2.15. The van der Waals surface area contributed by atoms with Gasteiger partial charge in [0, 0.05) is 5.92 Å². The zero-order valence-corrected chi connectivity index (χ0v) is 11.2. The van der Waals surface area contributed by atoms with Crippen LogP contribution in [0, 0.1) is 5.92 Å². The van der Waals surface area contributed by atoms with E-state index in [9.17, 15) is 0 Å². The highest BCUT2D eigenvalue weighted by Crippen LogP contribution is 2.31. The molecule has 1 radical (unpaired) electrons. The molecule has 0 unspecified atom stereocenters. The van der Waals surface area contributed by atoms with Gasteiger partial charge in [0.15, 0.2) is 0 Å². The van der Waals surface area contributed by atoms with Gasteiger partial charge in [0.2, 0.25) is 0 Å². The zero-order valence-electron chi connectivity index (χ0n) is 11.2. The Morgan fingerprint density at radius 3 is 2.38 bits per heavy atom. The first-order valence-electron chi connectivity index (χ1n) is 6.00. The lowest BCUT2D eigenvalue weighted by molar-refractivity contribution is 0.585. The van der Waals surface area contributed by atoms with Crippen LogP contribution in [0.2, 0.25) is 0 Å². The molecule has 0 aliphatic carbocycles. The molecule has 0 aromatic heterocycles. The fourth-order valence-corrected chi connectivity index (χ4v) is 1.90. The lowest BCUT2D eigenvalue weighted by atomic mass is 9.79. The molecule has 0 N–H and O–H groups in total. The van der Waals surface area contributed by atoms with Crippen LogP contribution in [-0.2, 0) is 11.8 Å². The van der Waals surface area contributed by atoms with E-state index >= 15 is 0 Å². The van der Waals surface area contributed by atoms with Crippen molar-refractivity contribution in [2.45, 2.75) is 46.5 Å². The molecule has 0 atom stereocenters. The Balaban J connectivity index is 3.32. The van der Waals surface area contributed by atoms with Crippen molar-refractivity contribution < 1.29 is 0 Å². The predicted octanol–water partition coefficient (Wildman–Crippen LogP) is 4.67. The summed E-state index contributed by atoms with van der Waals surface area (Å²) in [5.41, 5.74) is 4.33. The van der Waals surface area contributed by atoms with Gasteiger partial charge in [-0.3, -0.25) is 0 Å². The van der Waals surface area contributed by atoms with Crippen molar-refractivity contribution in [3.05, 3.63) is 53.5 Å². The molecule has 0 amide bonds. The first-order valence-corrected chi connectivity index (χ1v) is 6.00. The second kappa shape index (κ2) is 4.86. The minimum atomic E-state index is 0.186. The SMILES string of the molecule is C=C[C](C)c1cc(CC)ccc1C(C)(C)C. The third-order valence-electron chi connectivity index (χ3n) is 3.03. The van der Waals surface area contributed by atoms with Crippen molar-refractivity contribution in [2.75, 3.05) is 0 Å². The van der Waals surface area contributed by atoms with Crippen molar-refractivity contribution in [1.82, 2.24) is 0 Å². The van der Waals surface area contributed by atoms with Crippen molar-refractivity contribution in [2.24, 2.45) is 0 Å². The fraction of sp³-hybridized carbons (Fsp3) is 0.438. The van der Waals surface area contributed by atoms with Crippen LogP contribution >= 0.6 is 0 Å². The van der Waals surface area contributed by atoms with Crippen LogP contribution in [0.25, 0.3) is 0 Å². The van der Waals surface area contributed by atoms with Crippen LogP contribution in [0.4, 0.5) is 0 Å². The topological polar surface area (TPSA) is 0 Å². The molecule has 1 aromatic carbocycles. The Morgan fingerprint density at radius 2 is 1.94 bits per heavy atom. The second-order valence-corrected chi connectivity index (χ2v) is 5.37. The minimum Gasteiger partial charge on any atom is -0.102 e. The van der Waals surface area contributed by atoms with E-state index in [0.29, 0.717) is 0 Å². The maximum Gasteiger partial charge on any atom is 0.0233 e. The van der Waals surface area contributed by atoms with Gasteiger partial charge in [-0.05, 0) is 28.5 Å². The molecule has 1 rings (SSSR count). The van der Waals surface area contributed by atoms with Gasteiger partial charge in [-0.2, -0.15) is 0 Å². The van der Waals surface area contributed by atoms with Gasteiger partial charge in [-0.15, -0.1) is 6.58 Å². The third kappa shape index (κ3) is 2.75. The Bertz CT molecular complexity index is 366. The Hall–Kier alpha value is -1.04. The van der Waals surface area contributed by atoms with E-state index < -0.39 is 0 Å². The quantitative estimate of drug-likeness (QED) is 0.687. The van der Waals surface area contributed by atoms with E-state index in [1.165, 1.54) is 22.6 Å². The fourth-order valence-electron chi connectivity index (χ4n) is 1.90. The molecule has 0 nitrogen and oxygen atoms in total. The average Bonchev–Trinajstić information content (AvgIpc) is 2.25. The number of hydrogen-bond acceptors (Lipinski definition) is 0. The standard InChI is InChI=1S/C16H23/c1-7-12(3)14-11-13(8-2)9-10-15(14)16(4,5)6/h7,9-11H,1,8H2,2-6H3. The van der Waals surface area contributed by atoms with E-state index in [1.807, 2.05) is 6.08 Å². The number of benzene rings is 1. The summed E-state index contributed by atoms with van der Waals surface area (Å²) >= 11 is 0. The molecule has 0 spiro atoms. The van der Waals surface area contributed by atoms with Crippen molar-refractivity contribution in [3.63, 3.8) is 0 Å². The Kier molecular flexibility index (Phi) is 3.96. The molecule has 0 saturated carbocycles. The summed E-state index contributed by atoms with van der Waals surface area (Å²) in [5.74, 6) is 1.26. The van der Waals surface area contributed by atoms with Gasteiger partial charge in [0.25, 0.3) is 0 Å². The molecule has 0 aliphatic heterocycles. The largest absolute Gasteiger partial charge is 0.102 e. The Labute approximate surface area is 100 Å². The second-order valence-electron chi connectivity index (χ2n) is 5.37. The van der Waals surface area contributed by atoms with Crippen LogP contribution in [0.15, 0.2) is 30.9 Å². The monoisotopic (exact) mass is 215 g/mol. The first kappa shape index (κ1) is 13.0. The number of hydrogen-bond donors (Lipinski definition) is 0. The van der Waals surface area contributed by atoms with Crippen LogP contribution in [-0.4, -0.2) is 0 Å². The lowest BCUT2D eigenvalue weighted by Gasteiger charge is -2.25. The van der Waals surface area contributed by atoms with Crippen LogP contribution in [0.1, 0.15) is 51.3 Å². The van der Waals surface area contributed by atoms with Gasteiger partial charge in [-0.25, -0.2) is 0 Å². The summed E-state index contributed by atoms with van der Waals surface area (Å²) < 4.78 is 0. The van der Waals surface area contributed by atoms with Crippen LogP contribution in [0.3, 0.4) is 0 Å². The summed E-state index contributed by atoms with van der Waals surface area (Å²) in [6, 6.07) is 6.80. The maximum atomic E-state index is 3.88. The number of rotatable bonds is 3.